The molecule has 0 aliphatic rings. The van der Waals surface area contributed by atoms with Crippen LogP contribution in [0.15, 0.2) is 61.9 Å². The molecule has 0 spiro atoms. The summed E-state index contributed by atoms with van der Waals surface area (Å²) in [5.74, 6) is 0. The van der Waals surface area contributed by atoms with E-state index in [4.69, 9.17) is 0 Å². The molecule has 1 aromatic carbocycles. The zero-order chi connectivity index (χ0) is 14.7. The third kappa shape index (κ3) is 2.92. The lowest BCUT2D eigenvalue weighted by molar-refractivity contribution is 0.984. The number of hydrogen-bond donors (Lipinski definition) is 1. The van der Waals surface area contributed by atoms with E-state index in [1.54, 1.807) is 6.20 Å². The fraction of sp³-hybridized carbons (Fsp3) is 0.111. The summed E-state index contributed by atoms with van der Waals surface area (Å²) in [5.41, 5.74) is 5.28. The van der Waals surface area contributed by atoms with E-state index in [9.17, 15) is 0 Å². The molecule has 104 valence electrons. The van der Waals surface area contributed by atoms with Crippen LogP contribution < -0.4 is 0 Å². The molecule has 0 bridgehead atoms. The molecule has 1 N–H and O–H groups in total. The largest absolute Gasteiger partial charge is 0.361 e. The van der Waals surface area contributed by atoms with Crippen LogP contribution in [0.4, 0.5) is 0 Å². The minimum absolute atomic E-state index is 0.836. The second-order valence-corrected chi connectivity index (χ2v) is 5.10. The highest BCUT2D eigenvalue weighted by atomic mass is 15.1. The zero-order valence-corrected chi connectivity index (χ0v) is 11.8. The molecular weight excluding hydrogens is 258 g/mol. The van der Waals surface area contributed by atoms with Gasteiger partial charge in [-0.2, -0.15) is 10.2 Å². The molecule has 0 aliphatic heterocycles. The van der Waals surface area contributed by atoms with Gasteiger partial charge in [0.1, 0.15) is 0 Å². The number of hydrogen-bond acceptors (Lipinski definition) is 2. The van der Waals surface area contributed by atoms with Crippen molar-refractivity contribution in [1.82, 2.24) is 15.2 Å². The van der Waals surface area contributed by atoms with Crippen LogP contribution in [0.3, 0.4) is 0 Å². The van der Waals surface area contributed by atoms with E-state index in [1.807, 2.05) is 18.3 Å². The number of H-pyrrole nitrogens is 1. The van der Waals surface area contributed by atoms with Gasteiger partial charge in [0.05, 0.1) is 5.69 Å². The van der Waals surface area contributed by atoms with Crippen molar-refractivity contribution < 1.29 is 0 Å². The van der Waals surface area contributed by atoms with Crippen LogP contribution in [0, 0.1) is 0 Å². The Morgan fingerprint density at radius 1 is 1.05 bits per heavy atom. The third-order valence-corrected chi connectivity index (χ3v) is 3.62. The molecule has 0 radical (unpaired) electrons. The van der Waals surface area contributed by atoms with Crippen molar-refractivity contribution in [3.05, 3.63) is 73.2 Å². The van der Waals surface area contributed by atoms with E-state index in [2.05, 4.69) is 52.6 Å². The van der Waals surface area contributed by atoms with Gasteiger partial charge in [0.15, 0.2) is 0 Å². The molecular formula is C18H17N3. The smallest absolute Gasteiger partial charge is 0.0883 e. The number of allylic oxidation sites excluding steroid dienone is 2. The first-order chi connectivity index (χ1) is 10.2. The van der Waals surface area contributed by atoms with Gasteiger partial charge in [0, 0.05) is 17.9 Å². The van der Waals surface area contributed by atoms with Gasteiger partial charge in [-0.1, -0.05) is 19.2 Å². The fourth-order valence-corrected chi connectivity index (χ4v) is 2.34. The average molecular weight is 275 g/mol. The van der Waals surface area contributed by atoms with Gasteiger partial charge in [0.2, 0.25) is 0 Å². The van der Waals surface area contributed by atoms with Crippen LogP contribution in [0.2, 0.25) is 0 Å². The number of nitrogens with one attached hydrogen (secondary N) is 1. The lowest BCUT2D eigenvalue weighted by Crippen LogP contribution is -1.91. The Morgan fingerprint density at radius 3 is 2.71 bits per heavy atom. The summed E-state index contributed by atoms with van der Waals surface area (Å²) in [6, 6.07) is 12.2. The molecule has 0 unspecified atom stereocenters. The summed E-state index contributed by atoms with van der Waals surface area (Å²) in [6.45, 7) is 8.28. The average Bonchev–Trinajstić information content (AvgIpc) is 3.00. The zero-order valence-electron chi connectivity index (χ0n) is 11.8. The minimum atomic E-state index is 0.836. The summed E-state index contributed by atoms with van der Waals surface area (Å²) >= 11 is 0. The predicted octanol–water partition coefficient (Wildman–Crippen LogP) is 4.46. The molecule has 0 fully saturated rings. The number of nitrogens with zero attached hydrogens (tertiary/aromatic N) is 2. The van der Waals surface area contributed by atoms with Gasteiger partial charge in [-0.3, -0.25) is 0 Å². The minimum Gasteiger partial charge on any atom is -0.361 e. The Kier molecular flexibility index (Phi) is 3.65. The molecule has 0 aliphatic carbocycles. The fourth-order valence-electron chi connectivity index (χ4n) is 2.34. The van der Waals surface area contributed by atoms with Gasteiger partial charge >= 0.3 is 0 Å². The highest BCUT2D eigenvalue weighted by molar-refractivity contribution is 5.83. The number of benzene rings is 1. The normalized spacial score (nSPS) is 10.7. The van der Waals surface area contributed by atoms with E-state index < -0.39 is 0 Å². The highest BCUT2D eigenvalue weighted by Crippen LogP contribution is 2.25. The Morgan fingerprint density at radius 2 is 1.90 bits per heavy atom. The third-order valence-electron chi connectivity index (χ3n) is 3.62. The lowest BCUT2D eigenvalue weighted by atomic mass is 9.98. The first-order valence-corrected chi connectivity index (χ1v) is 6.95. The second kappa shape index (κ2) is 5.75. The van der Waals surface area contributed by atoms with Gasteiger partial charge in [-0.05, 0) is 65.3 Å². The molecule has 3 aromatic rings. The molecule has 3 rings (SSSR count). The summed E-state index contributed by atoms with van der Waals surface area (Å²) < 4.78 is 0. The number of aromatic nitrogens is 3. The quantitative estimate of drug-likeness (QED) is 0.746. The summed E-state index contributed by atoms with van der Waals surface area (Å²) in [7, 11) is 0. The monoisotopic (exact) mass is 275 g/mol. The van der Waals surface area contributed by atoms with Crippen molar-refractivity contribution in [2.75, 3.05) is 0 Å². The van der Waals surface area contributed by atoms with Gasteiger partial charge in [-0.15, -0.1) is 0 Å². The number of rotatable bonds is 5. The predicted molar refractivity (Wildman–Crippen MR) is 87.6 cm³/mol. The Bertz CT molecular complexity index is 784. The SMILES string of the molecule is C=C(CCC(=C)c1cccnn1)c1ccc2[nH]ccc2c1. The van der Waals surface area contributed by atoms with Crippen molar-refractivity contribution in [3.8, 4) is 0 Å². The molecule has 3 heteroatoms. The second-order valence-electron chi connectivity index (χ2n) is 5.10. The van der Waals surface area contributed by atoms with E-state index >= 15 is 0 Å². The molecule has 21 heavy (non-hydrogen) atoms. The molecule has 0 saturated heterocycles. The molecule has 0 saturated carbocycles. The summed E-state index contributed by atoms with van der Waals surface area (Å²) in [5, 5.41) is 9.17. The van der Waals surface area contributed by atoms with Crippen LogP contribution in [-0.4, -0.2) is 15.2 Å². The maximum Gasteiger partial charge on any atom is 0.0883 e. The highest BCUT2D eigenvalue weighted by Gasteiger charge is 2.05. The van der Waals surface area contributed by atoms with Crippen LogP contribution in [-0.2, 0) is 0 Å². The van der Waals surface area contributed by atoms with Crippen molar-refractivity contribution in [1.29, 1.82) is 0 Å². The van der Waals surface area contributed by atoms with Gasteiger partial charge in [0.25, 0.3) is 0 Å². The van der Waals surface area contributed by atoms with Gasteiger partial charge < -0.3 is 4.98 Å². The lowest BCUT2D eigenvalue weighted by Gasteiger charge is -2.08. The van der Waals surface area contributed by atoms with Crippen molar-refractivity contribution in [2.24, 2.45) is 0 Å². The molecule has 0 atom stereocenters. The topological polar surface area (TPSA) is 41.6 Å². The van der Waals surface area contributed by atoms with E-state index in [1.165, 1.54) is 10.9 Å². The number of fused-ring (bicyclic) bond motifs is 1. The Hall–Kier alpha value is -2.68. The Balaban J connectivity index is 1.67. The van der Waals surface area contributed by atoms with Crippen molar-refractivity contribution >= 4 is 22.0 Å². The summed E-state index contributed by atoms with van der Waals surface area (Å²) in [4.78, 5) is 3.20. The maximum atomic E-state index is 4.19. The Labute approximate surface area is 124 Å². The first-order valence-electron chi connectivity index (χ1n) is 6.95. The molecule has 2 heterocycles. The van der Waals surface area contributed by atoms with Gasteiger partial charge in [-0.25, -0.2) is 0 Å². The van der Waals surface area contributed by atoms with E-state index in [0.29, 0.717) is 0 Å². The first kappa shape index (κ1) is 13.3. The van der Waals surface area contributed by atoms with Crippen LogP contribution in [0.5, 0.6) is 0 Å². The van der Waals surface area contributed by atoms with Crippen molar-refractivity contribution in [3.63, 3.8) is 0 Å². The van der Waals surface area contributed by atoms with Crippen LogP contribution in [0.1, 0.15) is 24.1 Å². The number of aromatic amines is 1. The molecule has 2 aromatic heterocycles. The van der Waals surface area contributed by atoms with Crippen LogP contribution in [0.25, 0.3) is 22.0 Å². The molecule has 3 nitrogen and oxygen atoms in total. The molecule has 0 amide bonds. The van der Waals surface area contributed by atoms with E-state index in [-0.39, 0.29) is 0 Å². The maximum absolute atomic E-state index is 4.19. The van der Waals surface area contributed by atoms with Crippen LogP contribution >= 0.6 is 0 Å². The standard InChI is InChI=1S/C18H17N3/c1-13(5-6-14(2)17-4-3-10-20-21-17)15-7-8-18-16(12-15)9-11-19-18/h3-4,7-12,19H,1-2,5-6H2. The van der Waals surface area contributed by atoms with E-state index in [0.717, 1.165) is 35.2 Å². The summed E-state index contributed by atoms with van der Waals surface area (Å²) in [6.07, 6.45) is 5.32. The van der Waals surface area contributed by atoms with Crippen molar-refractivity contribution in [2.45, 2.75) is 12.8 Å².